The van der Waals surface area contributed by atoms with Gasteiger partial charge in [0.1, 0.15) is 5.75 Å². The second kappa shape index (κ2) is 4.39. The van der Waals surface area contributed by atoms with Crippen LogP contribution in [0.4, 0.5) is 3.89 Å². The van der Waals surface area contributed by atoms with Crippen LogP contribution in [0.1, 0.15) is 0 Å². The lowest BCUT2D eigenvalue weighted by molar-refractivity contribution is 0.0511. The molecule has 0 saturated carbocycles. The summed E-state index contributed by atoms with van der Waals surface area (Å²) in [6.45, 7) is 0.0573. The van der Waals surface area contributed by atoms with E-state index in [1.807, 2.05) is 0 Å². The van der Waals surface area contributed by atoms with Crippen molar-refractivity contribution in [1.82, 2.24) is 0 Å². The predicted molar refractivity (Wildman–Crippen MR) is 47.2 cm³/mol. The van der Waals surface area contributed by atoms with Crippen LogP contribution in [0.2, 0.25) is 0 Å². The minimum Gasteiger partial charge on any atom is -0.468 e. The maximum atomic E-state index is 12.4. The monoisotopic (exact) mass is 220 g/mol. The molecule has 0 heterocycles. The van der Waals surface area contributed by atoms with E-state index >= 15 is 0 Å². The Morgan fingerprint density at radius 2 is 1.86 bits per heavy atom. The second-order valence-corrected chi connectivity index (χ2v) is 3.81. The predicted octanol–water partition coefficient (Wildman–Crippen LogP) is 1.33. The maximum Gasteiger partial charge on any atom is 0.332 e. The Hall–Kier alpha value is -1.14. The van der Waals surface area contributed by atoms with E-state index in [2.05, 4.69) is 4.74 Å². The molecule has 1 rings (SSSR count). The van der Waals surface area contributed by atoms with Crippen molar-refractivity contribution in [2.45, 2.75) is 4.90 Å². The molecule has 0 radical (unpaired) electrons. The molecule has 0 saturated heterocycles. The van der Waals surface area contributed by atoms with Gasteiger partial charge in [-0.1, -0.05) is 0 Å². The lowest BCUT2D eigenvalue weighted by Crippen LogP contribution is -1.99. The van der Waals surface area contributed by atoms with E-state index in [9.17, 15) is 12.3 Å². The first kappa shape index (κ1) is 10.9. The average Bonchev–Trinajstić information content (AvgIpc) is 2.14. The van der Waals surface area contributed by atoms with Crippen LogP contribution in [0.3, 0.4) is 0 Å². The zero-order valence-electron chi connectivity index (χ0n) is 7.44. The smallest absolute Gasteiger partial charge is 0.332 e. The van der Waals surface area contributed by atoms with E-state index in [1.54, 1.807) is 0 Å². The largest absolute Gasteiger partial charge is 0.468 e. The molecule has 0 N–H and O–H groups in total. The summed E-state index contributed by atoms with van der Waals surface area (Å²) in [7, 11) is -3.17. The highest BCUT2D eigenvalue weighted by Gasteiger charge is 2.10. The molecule has 14 heavy (non-hydrogen) atoms. The Balaban J connectivity index is 2.79. The number of benzene rings is 1. The topological polar surface area (TPSA) is 52.6 Å². The summed E-state index contributed by atoms with van der Waals surface area (Å²) < 4.78 is 42.9. The van der Waals surface area contributed by atoms with Gasteiger partial charge in [0.25, 0.3) is 0 Å². The third kappa shape index (κ3) is 2.97. The average molecular weight is 220 g/mol. The Kier molecular flexibility index (Phi) is 3.43. The van der Waals surface area contributed by atoms with Crippen molar-refractivity contribution < 1.29 is 21.8 Å². The lowest BCUT2D eigenvalue weighted by Gasteiger charge is -2.03. The molecule has 0 aliphatic carbocycles. The van der Waals surface area contributed by atoms with Gasteiger partial charge in [-0.3, -0.25) is 0 Å². The van der Waals surface area contributed by atoms with Gasteiger partial charge in [-0.15, -0.1) is 3.89 Å². The summed E-state index contributed by atoms with van der Waals surface area (Å²) >= 11 is 0. The fourth-order valence-corrected chi connectivity index (χ4v) is 1.29. The molecule has 0 aromatic heterocycles. The Morgan fingerprint density at radius 3 is 2.29 bits per heavy atom. The van der Waals surface area contributed by atoms with Gasteiger partial charge in [0, 0.05) is 7.11 Å². The van der Waals surface area contributed by atoms with Crippen molar-refractivity contribution in [1.29, 1.82) is 0 Å². The van der Waals surface area contributed by atoms with Crippen LogP contribution < -0.4 is 4.74 Å². The number of halogens is 1. The quantitative estimate of drug-likeness (QED) is 0.567. The molecule has 6 heteroatoms. The SMILES string of the molecule is COCOc1ccc(S(=O)(=O)F)cc1. The van der Waals surface area contributed by atoms with Crippen molar-refractivity contribution in [3.05, 3.63) is 24.3 Å². The highest BCUT2D eigenvalue weighted by atomic mass is 32.3. The molecule has 0 amide bonds. The van der Waals surface area contributed by atoms with Gasteiger partial charge < -0.3 is 9.47 Å². The van der Waals surface area contributed by atoms with Crippen LogP contribution in [-0.2, 0) is 15.0 Å². The summed E-state index contributed by atoms with van der Waals surface area (Å²) in [6, 6.07) is 4.96. The molecular formula is C8H9FO4S. The van der Waals surface area contributed by atoms with Crippen LogP contribution in [0.5, 0.6) is 5.75 Å². The zero-order valence-corrected chi connectivity index (χ0v) is 8.25. The van der Waals surface area contributed by atoms with Crippen molar-refractivity contribution in [2.24, 2.45) is 0 Å². The van der Waals surface area contributed by atoms with Gasteiger partial charge in [0.05, 0.1) is 4.90 Å². The number of ether oxygens (including phenoxy) is 2. The molecule has 0 aliphatic heterocycles. The first-order valence-electron chi connectivity index (χ1n) is 3.70. The highest BCUT2D eigenvalue weighted by Crippen LogP contribution is 2.17. The number of rotatable bonds is 4. The Bertz CT molecular complexity index is 384. The first-order chi connectivity index (χ1) is 6.54. The van der Waals surface area contributed by atoms with Crippen LogP contribution in [-0.4, -0.2) is 22.3 Å². The standard InChI is InChI=1S/C8H9FO4S/c1-12-6-13-7-2-4-8(5-3-7)14(9,10)11/h2-5H,6H2,1H3. The molecule has 0 bridgehead atoms. The van der Waals surface area contributed by atoms with Crippen LogP contribution in [0.15, 0.2) is 29.2 Å². The number of methoxy groups -OCH3 is 1. The molecule has 1 aromatic carbocycles. The molecule has 0 unspecified atom stereocenters. The Labute approximate surface area is 81.5 Å². The van der Waals surface area contributed by atoms with E-state index in [-0.39, 0.29) is 11.7 Å². The van der Waals surface area contributed by atoms with Crippen LogP contribution >= 0.6 is 0 Å². The van der Waals surface area contributed by atoms with Gasteiger partial charge in [0.15, 0.2) is 6.79 Å². The van der Waals surface area contributed by atoms with Crippen molar-refractivity contribution in [3.8, 4) is 5.75 Å². The summed E-state index contributed by atoms with van der Waals surface area (Å²) in [5.74, 6) is 0.416. The maximum absolute atomic E-state index is 12.4. The van der Waals surface area contributed by atoms with E-state index < -0.39 is 10.2 Å². The van der Waals surface area contributed by atoms with Crippen molar-refractivity contribution >= 4 is 10.2 Å². The minimum atomic E-state index is -4.63. The lowest BCUT2D eigenvalue weighted by atomic mass is 10.3. The fourth-order valence-electron chi connectivity index (χ4n) is 0.825. The second-order valence-electron chi connectivity index (χ2n) is 2.46. The molecule has 1 aromatic rings. The van der Waals surface area contributed by atoms with Crippen molar-refractivity contribution in [2.75, 3.05) is 13.9 Å². The fraction of sp³-hybridized carbons (Fsp3) is 0.250. The molecule has 4 nitrogen and oxygen atoms in total. The third-order valence-corrected chi connectivity index (χ3v) is 2.28. The molecule has 0 atom stereocenters. The van der Waals surface area contributed by atoms with Gasteiger partial charge >= 0.3 is 10.2 Å². The van der Waals surface area contributed by atoms with Gasteiger partial charge in [-0.25, -0.2) is 0 Å². The van der Waals surface area contributed by atoms with Gasteiger partial charge in [-0.05, 0) is 24.3 Å². The van der Waals surface area contributed by atoms with E-state index in [0.717, 1.165) is 12.1 Å². The zero-order chi connectivity index (χ0) is 10.6. The summed E-state index contributed by atoms with van der Waals surface area (Å²) in [4.78, 5) is -0.387. The first-order valence-corrected chi connectivity index (χ1v) is 5.09. The van der Waals surface area contributed by atoms with Gasteiger partial charge in [0.2, 0.25) is 0 Å². The van der Waals surface area contributed by atoms with Crippen LogP contribution in [0, 0.1) is 0 Å². The molecule has 78 valence electrons. The highest BCUT2D eigenvalue weighted by molar-refractivity contribution is 7.86. The third-order valence-electron chi connectivity index (χ3n) is 1.45. The number of hydrogen-bond acceptors (Lipinski definition) is 4. The van der Waals surface area contributed by atoms with E-state index in [0.29, 0.717) is 5.75 Å². The number of hydrogen-bond donors (Lipinski definition) is 0. The van der Waals surface area contributed by atoms with E-state index in [4.69, 9.17) is 4.74 Å². The molecular weight excluding hydrogens is 211 g/mol. The summed E-state index contributed by atoms with van der Waals surface area (Å²) in [5.41, 5.74) is 0. The Morgan fingerprint density at radius 1 is 1.29 bits per heavy atom. The molecule has 0 fully saturated rings. The van der Waals surface area contributed by atoms with Crippen molar-refractivity contribution in [3.63, 3.8) is 0 Å². The minimum absolute atomic E-state index is 0.0573. The summed E-state index contributed by atoms with van der Waals surface area (Å²) in [5, 5.41) is 0. The van der Waals surface area contributed by atoms with Gasteiger partial charge in [-0.2, -0.15) is 8.42 Å². The molecule has 0 aliphatic rings. The van der Waals surface area contributed by atoms with E-state index in [1.165, 1.54) is 19.2 Å². The normalized spacial score (nSPS) is 11.3. The molecule has 0 spiro atoms. The van der Waals surface area contributed by atoms with Crippen LogP contribution in [0.25, 0.3) is 0 Å². The summed E-state index contributed by atoms with van der Waals surface area (Å²) in [6.07, 6.45) is 0.